The van der Waals surface area contributed by atoms with Crippen LogP contribution in [0.25, 0.3) is 0 Å². The molecule has 4 heteroatoms. The average molecular weight is 465 g/mol. The molecule has 4 nitrogen and oxygen atoms in total. The molecule has 1 unspecified atom stereocenters. The van der Waals surface area contributed by atoms with Crippen LogP contribution in [0.4, 0.5) is 0 Å². The van der Waals surface area contributed by atoms with Crippen LogP contribution in [-0.2, 0) is 11.2 Å². The highest BCUT2D eigenvalue weighted by Gasteiger charge is 2.31. The molecule has 0 bridgehead atoms. The first kappa shape index (κ1) is 27.4. The number of ether oxygens (including phenoxy) is 1. The van der Waals surface area contributed by atoms with E-state index in [9.17, 15) is 9.59 Å². The standard InChI is InChI=1S/C30H40O4/c1-3-5-6-7-8-9-10-11-15-23-30(4-2,24-22-25-16-13-12-14-17-25)34-29(33)27-20-18-26(19-21-27)28(31)32/h4,12-14,16-21H,2-3,5-11,15,22-24H2,1H3,(H,31,32). The van der Waals surface area contributed by atoms with Crippen LogP contribution in [0.5, 0.6) is 0 Å². The van der Waals surface area contributed by atoms with Crippen LogP contribution in [0.1, 0.15) is 104 Å². The summed E-state index contributed by atoms with van der Waals surface area (Å²) in [6.07, 6.45) is 15.0. The molecule has 0 aliphatic rings. The van der Waals surface area contributed by atoms with E-state index in [4.69, 9.17) is 9.84 Å². The van der Waals surface area contributed by atoms with Crippen molar-refractivity contribution in [2.24, 2.45) is 0 Å². The predicted octanol–water partition coefficient (Wildman–Crippen LogP) is 8.02. The summed E-state index contributed by atoms with van der Waals surface area (Å²) in [6.45, 7) is 6.27. The van der Waals surface area contributed by atoms with Gasteiger partial charge in [-0.25, -0.2) is 9.59 Å². The van der Waals surface area contributed by atoms with Gasteiger partial charge in [-0.15, -0.1) is 0 Å². The van der Waals surface area contributed by atoms with Crippen molar-refractivity contribution < 1.29 is 19.4 Å². The van der Waals surface area contributed by atoms with Gasteiger partial charge < -0.3 is 9.84 Å². The molecule has 0 spiro atoms. The quantitative estimate of drug-likeness (QED) is 0.146. The first-order valence-electron chi connectivity index (χ1n) is 12.7. The summed E-state index contributed by atoms with van der Waals surface area (Å²) < 4.78 is 6.06. The molecular weight excluding hydrogens is 424 g/mol. The number of unbranched alkanes of at least 4 members (excludes halogenated alkanes) is 8. The summed E-state index contributed by atoms with van der Waals surface area (Å²) in [7, 11) is 0. The van der Waals surface area contributed by atoms with E-state index in [1.165, 1.54) is 74.8 Å². The van der Waals surface area contributed by atoms with Crippen molar-refractivity contribution in [1.29, 1.82) is 0 Å². The number of carbonyl (C=O) groups excluding carboxylic acids is 1. The number of benzene rings is 2. The van der Waals surface area contributed by atoms with Crippen molar-refractivity contribution in [2.45, 2.75) is 89.6 Å². The molecule has 34 heavy (non-hydrogen) atoms. The van der Waals surface area contributed by atoms with Crippen LogP contribution in [0.3, 0.4) is 0 Å². The van der Waals surface area contributed by atoms with Gasteiger partial charge in [0.25, 0.3) is 0 Å². The van der Waals surface area contributed by atoms with Gasteiger partial charge in [-0.3, -0.25) is 0 Å². The van der Waals surface area contributed by atoms with Gasteiger partial charge in [0, 0.05) is 0 Å². The molecule has 0 aliphatic carbocycles. The van der Waals surface area contributed by atoms with Gasteiger partial charge in [0.15, 0.2) is 0 Å². The third kappa shape index (κ3) is 9.54. The second-order valence-electron chi connectivity index (χ2n) is 9.10. The highest BCUT2D eigenvalue weighted by atomic mass is 16.6. The second kappa shape index (κ2) is 15.1. The van der Waals surface area contributed by atoms with Crippen LogP contribution in [0.2, 0.25) is 0 Å². The van der Waals surface area contributed by atoms with Gasteiger partial charge in [0.1, 0.15) is 5.60 Å². The van der Waals surface area contributed by atoms with Crippen molar-refractivity contribution in [1.82, 2.24) is 0 Å². The Bertz CT molecular complexity index is 872. The van der Waals surface area contributed by atoms with E-state index in [1.54, 1.807) is 6.08 Å². The zero-order valence-corrected chi connectivity index (χ0v) is 20.6. The normalized spacial score (nSPS) is 12.6. The molecule has 1 atom stereocenters. The number of aromatic carboxylic acids is 1. The minimum atomic E-state index is -1.02. The zero-order chi connectivity index (χ0) is 24.7. The number of rotatable bonds is 17. The van der Waals surface area contributed by atoms with Crippen molar-refractivity contribution >= 4 is 11.9 Å². The Kier molecular flexibility index (Phi) is 12.2. The van der Waals surface area contributed by atoms with E-state index in [0.717, 1.165) is 25.7 Å². The van der Waals surface area contributed by atoms with Crippen LogP contribution < -0.4 is 0 Å². The lowest BCUT2D eigenvalue weighted by Gasteiger charge is -2.31. The van der Waals surface area contributed by atoms with Gasteiger partial charge in [-0.1, -0.05) is 95.2 Å². The highest BCUT2D eigenvalue weighted by Crippen LogP contribution is 2.29. The van der Waals surface area contributed by atoms with Crippen LogP contribution >= 0.6 is 0 Å². The van der Waals surface area contributed by atoms with Crippen molar-refractivity contribution in [2.75, 3.05) is 0 Å². The SMILES string of the molecule is C=CC(CCCCCCCCCCC)(CCc1ccccc1)OC(=O)c1ccc(C(=O)O)cc1. The van der Waals surface area contributed by atoms with Gasteiger partial charge in [-0.05, 0) is 61.6 Å². The van der Waals surface area contributed by atoms with Gasteiger partial charge in [0.2, 0.25) is 0 Å². The predicted molar refractivity (Wildman–Crippen MR) is 138 cm³/mol. The van der Waals surface area contributed by atoms with Gasteiger partial charge in [-0.2, -0.15) is 0 Å². The van der Waals surface area contributed by atoms with E-state index in [1.807, 2.05) is 18.2 Å². The molecule has 2 aromatic rings. The Balaban J connectivity index is 1.98. The Morgan fingerprint density at radius 2 is 1.38 bits per heavy atom. The lowest BCUT2D eigenvalue weighted by Crippen LogP contribution is -2.34. The number of hydrogen-bond acceptors (Lipinski definition) is 3. The minimum Gasteiger partial charge on any atom is -0.478 e. The van der Waals surface area contributed by atoms with E-state index in [-0.39, 0.29) is 5.56 Å². The Morgan fingerprint density at radius 1 is 0.824 bits per heavy atom. The monoisotopic (exact) mass is 464 g/mol. The average Bonchev–Trinajstić information content (AvgIpc) is 2.86. The molecule has 184 valence electrons. The maximum Gasteiger partial charge on any atom is 0.338 e. The maximum absolute atomic E-state index is 13.0. The van der Waals surface area contributed by atoms with Gasteiger partial charge >= 0.3 is 11.9 Å². The minimum absolute atomic E-state index is 0.144. The number of hydrogen-bond donors (Lipinski definition) is 1. The first-order chi connectivity index (χ1) is 16.5. The third-order valence-corrected chi connectivity index (χ3v) is 6.42. The topological polar surface area (TPSA) is 63.6 Å². The van der Waals surface area contributed by atoms with Crippen LogP contribution in [-0.4, -0.2) is 22.6 Å². The molecule has 0 aromatic heterocycles. The first-order valence-corrected chi connectivity index (χ1v) is 12.7. The third-order valence-electron chi connectivity index (χ3n) is 6.42. The molecule has 0 heterocycles. The van der Waals surface area contributed by atoms with Crippen LogP contribution in [0.15, 0.2) is 67.3 Å². The number of aryl methyl sites for hydroxylation is 1. The fourth-order valence-electron chi connectivity index (χ4n) is 4.20. The second-order valence-corrected chi connectivity index (χ2v) is 9.10. The molecule has 0 aliphatic heterocycles. The molecular formula is C30H40O4. The van der Waals surface area contributed by atoms with E-state index >= 15 is 0 Å². The molecule has 0 fully saturated rings. The highest BCUT2D eigenvalue weighted by molar-refractivity contribution is 5.92. The van der Waals surface area contributed by atoms with Crippen molar-refractivity contribution in [3.63, 3.8) is 0 Å². The largest absolute Gasteiger partial charge is 0.478 e. The van der Waals surface area contributed by atoms with Gasteiger partial charge in [0.05, 0.1) is 11.1 Å². The summed E-state index contributed by atoms with van der Waals surface area (Å²) >= 11 is 0. The summed E-state index contributed by atoms with van der Waals surface area (Å²) in [6, 6.07) is 16.1. The number of carboxylic acids is 1. The lowest BCUT2D eigenvalue weighted by atomic mass is 9.88. The molecule has 0 saturated heterocycles. The maximum atomic E-state index is 13.0. The molecule has 0 amide bonds. The summed E-state index contributed by atoms with van der Waals surface area (Å²) in [5, 5.41) is 9.10. The lowest BCUT2D eigenvalue weighted by molar-refractivity contribution is -0.00399. The number of carboxylic acid groups (broad SMARTS) is 1. The number of carbonyl (C=O) groups is 2. The summed E-state index contributed by atoms with van der Waals surface area (Å²) in [4.78, 5) is 24.1. The Morgan fingerprint density at radius 3 is 1.94 bits per heavy atom. The fraction of sp³-hybridized carbons (Fsp3) is 0.467. The molecule has 0 radical (unpaired) electrons. The van der Waals surface area contributed by atoms with E-state index in [2.05, 4.69) is 25.6 Å². The Hall–Kier alpha value is -2.88. The van der Waals surface area contributed by atoms with E-state index < -0.39 is 17.5 Å². The summed E-state index contributed by atoms with van der Waals surface area (Å²) in [5.41, 5.74) is 0.940. The molecule has 1 N–H and O–H groups in total. The van der Waals surface area contributed by atoms with Crippen LogP contribution in [0, 0.1) is 0 Å². The number of esters is 1. The van der Waals surface area contributed by atoms with E-state index in [0.29, 0.717) is 12.0 Å². The smallest absolute Gasteiger partial charge is 0.338 e. The molecule has 2 aromatic carbocycles. The van der Waals surface area contributed by atoms with Crippen molar-refractivity contribution in [3.8, 4) is 0 Å². The molecule has 0 saturated carbocycles. The fourth-order valence-corrected chi connectivity index (χ4v) is 4.20. The zero-order valence-electron chi connectivity index (χ0n) is 20.6. The molecule has 2 rings (SSSR count). The summed E-state index contributed by atoms with van der Waals surface area (Å²) in [5.74, 6) is -1.46. The van der Waals surface area contributed by atoms with Crippen molar-refractivity contribution in [3.05, 3.63) is 83.9 Å². The Labute approximate surface area is 205 Å².